The molecule has 0 heterocycles. The second kappa shape index (κ2) is 6.63. The van der Waals surface area contributed by atoms with Crippen LogP contribution in [-0.2, 0) is 0 Å². The van der Waals surface area contributed by atoms with Gasteiger partial charge < -0.3 is 5.41 Å². The van der Waals surface area contributed by atoms with Crippen molar-refractivity contribution in [2.24, 2.45) is 5.92 Å². The van der Waals surface area contributed by atoms with Gasteiger partial charge in [0, 0.05) is 17.2 Å². The lowest BCUT2D eigenvalue weighted by Crippen LogP contribution is -2.19. The van der Waals surface area contributed by atoms with Crippen LogP contribution in [0.2, 0.25) is 0 Å². The SMILES string of the molecule is CC1=CCC(c2ccc3ccccc3c2C(=N)C2CCCCC2)=C1C. The van der Waals surface area contributed by atoms with Gasteiger partial charge in [-0.3, -0.25) is 0 Å². The number of allylic oxidation sites excluding steroid dienone is 4. The van der Waals surface area contributed by atoms with E-state index in [2.05, 4.69) is 56.3 Å². The Bertz CT molecular complexity index is 891. The van der Waals surface area contributed by atoms with Gasteiger partial charge in [-0.2, -0.15) is 0 Å². The maximum atomic E-state index is 9.09. The van der Waals surface area contributed by atoms with E-state index in [-0.39, 0.29) is 0 Å². The molecule has 128 valence electrons. The van der Waals surface area contributed by atoms with E-state index in [1.165, 1.54) is 70.7 Å². The van der Waals surface area contributed by atoms with Crippen molar-refractivity contribution in [3.63, 3.8) is 0 Å². The summed E-state index contributed by atoms with van der Waals surface area (Å²) in [7, 11) is 0. The van der Waals surface area contributed by atoms with Gasteiger partial charge in [0.15, 0.2) is 0 Å². The largest absolute Gasteiger partial charge is 0.304 e. The molecule has 0 amide bonds. The van der Waals surface area contributed by atoms with E-state index in [1.54, 1.807) is 0 Å². The molecule has 0 saturated heterocycles. The number of rotatable bonds is 3. The Labute approximate surface area is 151 Å². The fourth-order valence-corrected chi connectivity index (χ4v) is 4.52. The Hall–Kier alpha value is -2.15. The molecule has 1 N–H and O–H groups in total. The molecule has 0 bridgehead atoms. The van der Waals surface area contributed by atoms with Gasteiger partial charge in [0.25, 0.3) is 0 Å². The van der Waals surface area contributed by atoms with E-state index in [0.717, 1.165) is 12.1 Å². The molecule has 0 unspecified atom stereocenters. The van der Waals surface area contributed by atoms with Crippen molar-refractivity contribution in [1.29, 1.82) is 5.41 Å². The summed E-state index contributed by atoms with van der Waals surface area (Å²) < 4.78 is 0. The lowest BCUT2D eigenvalue weighted by molar-refractivity contribution is 0.439. The average Bonchev–Trinajstić information content (AvgIpc) is 3.00. The van der Waals surface area contributed by atoms with Crippen LogP contribution in [0.1, 0.15) is 63.5 Å². The minimum Gasteiger partial charge on any atom is -0.304 e. The molecule has 2 aromatic carbocycles. The van der Waals surface area contributed by atoms with Gasteiger partial charge in [0.05, 0.1) is 0 Å². The number of benzene rings is 2. The molecule has 1 heteroatoms. The lowest BCUT2D eigenvalue weighted by atomic mass is 9.79. The van der Waals surface area contributed by atoms with Gasteiger partial charge >= 0.3 is 0 Å². The van der Waals surface area contributed by atoms with E-state index in [9.17, 15) is 0 Å². The zero-order valence-electron chi connectivity index (χ0n) is 15.4. The third kappa shape index (κ3) is 2.86. The summed E-state index contributed by atoms with van der Waals surface area (Å²) in [5.41, 5.74) is 7.56. The molecule has 25 heavy (non-hydrogen) atoms. The van der Waals surface area contributed by atoms with Crippen LogP contribution in [0.3, 0.4) is 0 Å². The second-order valence-electron chi connectivity index (χ2n) is 7.65. The third-order valence-corrected chi connectivity index (χ3v) is 6.19. The van der Waals surface area contributed by atoms with Gasteiger partial charge in [0.2, 0.25) is 0 Å². The average molecular weight is 329 g/mol. The van der Waals surface area contributed by atoms with Crippen LogP contribution < -0.4 is 0 Å². The molecule has 1 fully saturated rings. The molecular weight excluding hydrogens is 302 g/mol. The van der Waals surface area contributed by atoms with E-state index in [0.29, 0.717) is 5.92 Å². The third-order valence-electron chi connectivity index (χ3n) is 6.19. The normalized spacial score (nSPS) is 18.7. The molecule has 1 nitrogen and oxygen atoms in total. The van der Waals surface area contributed by atoms with Crippen molar-refractivity contribution in [3.8, 4) is 0 Å². The Morgan fingerprint density at radius 2 is 1.72 bits per heavy atom. The van der Waals surface area contributed by atoms with Crippen molar-refractivity contribution in [3.05, 3.63) is 64.7 Å². The van der Waals surface area contributed by atoms with E-state index in [4.69, 9.17) is 5.41 Å². The zero-order chi connectivity index (χ0) is 17.4. The zero-order valence-corrected chi connectivity index (χ0v) is 15.4. The van der Waals surface area contributed by atoms with Crippen molar-refractivity contribution in [2.45, 2.75) is 52.4 Å². The maximum absolute atomic E-state index is 9.09. The first-order chi connectivity index (χ1) is 12.2. The highest BCUT2D eigenvalue weighted by Crippen LogP contribution is 2.39. The van der Waals surface area contributed by atoms with Crippen LogP contribution in [0.4, 0.5) is 0 Å². The van der Waals surface area contributed by atoms with Crippen LogP contribution in [0.15, 0.2) is 53.6 Å². The van der Waals surface area contributed by atoms with Crippen molar-refractivity contribution >= 4 is 22.1 Å². The molecule has 2 aromatic rings. The molecule has 0 radical (unpaired) electrons. The molecule has 0 aliphatic heterocycles. The topological polar surface area (TPSA) is 23.9 Å². The molecular formula is C24H27N. The monoisotopic (exact) mass is 329 g/mol. The van der Waals surface area contributed by atoms with Crippen molar-refractivity contribution < 1.29 is 0 Å². The number of hydrogen-bond acceptors (Lipinski definition) is 1. The summed E-state index contributed by atoms with van der Waals surface area (Å²) in [5.74, 6) is 0.426. The Morgan fingerprint density at radius 3 is 2.44 bits per heavy atom. The Morgan fingerprint density at radius 1 is 0.960 bits per heavy atom. The molecule has 0 atom stereocenters. The van der Waals surface area contributed by atoms with Crippen LogP contribution in [0.5, 0.6) is 0 Å². The summed E-state index contributed by atoms with van der Waals surface area (Å²) in [6.45, 7) is 4.44. The van der Waals surface area contributed by atoms with Crippen LogP contribution in [0, 0.1) is 11.3 Å². The van der Waals surface area contributed by atoms with Gasteiger partial charge in [-0.05, 0) is 60.6 Å². The minimum absolute atomic E-state index is 0.426. The first kappa shape index (κ1) is 16.3. The first-order valence-corrected chi connectivity index (χ1v) is 9.64. The van der Waals surface area contributed by atoms with Gasteiger partial charge in [-0.15, -0.1) is 0 Å². The Balaban J connectivity index is 1.90. The number of fused-ring (bicyclic) bond motifs is 1. The minimum atomic E-state index is 0.426. The number of hydrogen-bond donors (Lipinski definition) is 1. The Kier molecular flexibility index (Phi) is 4.33. The predicted molar refractivity (Wildman–Crippen MR) is 108 cm³/mol. The lowest BCUT2D eigenvalue weighted by Gasteiger charge is -2.25. The van der Waals surface area contributed by atoms with Crippen molar-refractivity contribution in [2.75, 3.05) is 0 Å². The van der Waals surface area contributed by atoms with E-state index < -0.39 is 0 Å². The fraction of sp³-hybridized carbons (Fsp3) is 0.375. The summed E-state index contributed by atoms with van der Waals surface area (Å²) in [5, 5.41) is 11.6. The van der Waals surface area contributed by atoms with E-state index >= 15 is 0 Å². The first-order valence-electron chi connectivity index (χ1n) is 9.64. The van der Waals surface area contributed by atoms with Crippen LogP contribution in [0.25, 0.3) is 16.3 Å². The summed E-state index contributed by atoms with van der Waals surface area (Å²) in [4.78, 5) is 0. The maximum Gasteiger partial charge on any atom is 0.0429 e. The van der Waals surface area contributed by atoms with Gasteiger partial charge in [-0.25, -0.2) is 0 Å². The fourth-order valence-electron chi connectivity index (χ4n) is 4.52. The summed E-state index contributed by atoms with van der Waals surface area (Å²) in [6.07, 6.45) is 9.56. The second-order valence-corrected chi connectivity index (χ2v) is 7.65. The van der Waals surface area contributed by atoms with Crippen LogP contribution >= 0.6 is 0 Å². The predicted octanol–water partition coefficient (Wildman–Crippen LogP) is 6.91. The van der Waals surface area contributed by atoms with Crippen LogP contribution in [-0.4, -0.2) is 5.71 Å². The summed E-state index contributed by atoms with van der Waals surface area (Å²) >= 11 is 0. The smallest absolute Gasteiger partial charge is 0.0429 e. The highest BCUT2D eigenvalue weighted by atomic mass is 14.5. The number of nitrogens with one attached hydrogen (secondary N) is 1. The van der Waals surface area contributed by atoms with Gasteiger partial charge in [-0.1, -0.05) is 67.3 Å². The molecule has 2 aliphatic rings. The van der Waals surface area contributed by atoms with Crippen molar-refractivity contribution in [1.82, 2.24) is 0 Å². The highest BCUT2D eigenvalue weighted by Gasteiger charge is 2.25. The molecule has 0 spiro atoms. The molecule has 2 aliphatic carbocycles. The summed E-state index contributed by atoms with van der Waals surface area (Å²) in [6, 6.07) is 13.1. The molecule has 4 rings (SSSR count). The quantitative estimate of drug-likeness (QED) is 0.591. The molecule has 1 saturated carbocycles. The molecule has 0 aromatic heterocycles. The highest BCUT2D eigenvalue weighted by molar-refractivity contribution is 6.14. The van der Waals surface area contributed by atoms with Gasteiger partial charge in [0.1, 0.15) is 0 Å². The standard InChI is InChI=1S/C24H27N/c1-16-12-14-20(17(16)2)22-15-13-18-8-6-7-11-21(18)23(22)24(25)19-9-4-3-5-10-19/h6-8,11-13,15,19,25H,3-5,9-10,14H2,1-2H3. The van der Waals surface area contributed by atoms with E-state index in [1.807, 2.05) is 0 Å².